The summed E-state index contributed by atoms with van der Waals surface area (Å²) in [5.74, 6) is 0.113. The van der Waals surface area contributed by atoms with Crippen LogP contribution in [0.1, 0.15) is 17.5 Å². The topological polar surface area (TPSA) is 68.2 Å². The van der Waals surface area contributed by atoms with Crippen LogP contribution >= 0.6 is 0 Å². The van der Waals surface area contributed by atoms with Crippen LogP contribution in [-0.4, -0.2) is 30.7 Å². The van der Waals surface area contributed by atoms with E-state index in [9.17, 15) is 9.59 Å². The molecule has 2 aliphatic carbocycles. The molecule has 0 radical (unpaired) electrons. The lowest BCUT2D eigenvalue weighted by Crippen LogP contribution is -2.41. The van der Waals surface area contributed by atoms with Crippen molar-refractivity contribution in [3.8, 4) is 5.75 Å². The molecule has 152 valence electrons. The van der Waals surface area contributed by atoms with Crippen molar-refractivity contribution in [1.82, 2.24) is 0 Å². The number of ether oxygens (including phenoxy) is 1. The molecule has 6 heteroatoms. The highest BCUT2D eigenvalue weighted by Gasteiger charge is 2.70. The number of rotatable bonds is 3. The van der Waals surface area contributed by atoms with Crippen LogP contribution < -0.4 is 9.64 Å². The molecule has 1 saturated heterocycles. The molecule has 2 heterocycles. The van der Waals surface area contributed by atoms with Crippen molar-refractivity contribution >= 4 is 23.2 Å². The average molecular weight is 402 g/mol. The largest absolute Gasteiger partial charge is 0.497 e. The minimum atomic E-state index is -0.307. The molecule has 2 bridgehead atoms. The zero-order valence-corrected chi connectivity index (χ0v) is 16.8. The Kier molecular flexibility index (Phi) is 3.64. The van der Waals surface area contributed by atoms with Crippen LogP contribution in [0.3, 0.4) is 0 Å². The molecule has 6 nitrogen and oxygen atoms in total. The first kappa shape index (κ1) is 17.7. The number of aryl methyl sites for hydroxylation is 1. The Bertz CT molecular complexity index is 1080. The third-order valence-electron chi connectivity index (χ3n) is 7.37. The maximum absolute atomic E-state index is 13.4. The van der Waals surface area contributed by atoms with E-state index < -0.39 is 0 Å². The number of carbonyl (C=O) groups is 2. The predicted molar refractivity (Wildman–Crippen MR) is 110 cm³/mol. The highest BCUT2D eigenvalue weighted by Crippen LogP contribution is 2.62. The van der Waals surface area contributed by atoms with Crippen molar-refractivity contribution < 1.29 is 19.2 Å². The van der Waals surface area contributed by atoms with Gasteiger partial charge in [0, 0.05) is 11.8 Å². The normalized spacial score (nSPS) is 33.4. The summed E-state index contributed by atoms with van der Waals surface area (Å²) in [5, 5.41) is 4.40. The van der Waals surface area contributed by atoms with Crippen LogP contribution in [-0.2, 0) is 14.4 Å². The van der Waals surface area contributed by atoms with Gasteiger partial charge in [0.15, 0.2) is 0 Å². The summed E-state index contributed by atoms with van der Waals surface area (Å²) in [6.45, 7) is 2.05. The summed E-state index contributed by atoms with van der Waals surface area (Å²) >= 11 is 0. The first-order valence-electron chi connectivity index (χ1n) is 10.4. The number of carbonyl (C=O) groups excluding carboxylic acids is 2. The average Bonchev–Trinajstić information content (AvgIpc) is 3.49. The number of imide groups is 1. The predicted octanol–water partition coefficient (Wildman–Crippen LogP) is 3.18. The van der Waals surface area contributed by atoms with E-state index in [1.54, 1.807) is 31.4 Å². The number of anilines is 1. The molecular formula is C24H22N2O4. The van der Waals surface area contributed by atoms with Crippen molar-refractivity contribution in [2.75, 3.05) is 12.0 Å². The first-order chi connectivity index (χ1) is 14.6. The fraction of sp³-hybridized carbons (Fsp3) is 0.375. The van der Waals surface area contributed by atoms with Gasteiger partial charge in [-0.25, -0.2) is 0 Å². The molecule has 3 fully saturated rings. The van der Waals surface area contributed by atoms with E-state index in [4.69, 9.17) is 9.57 Å². The monoisotopic (exact) mass is 402 g/mol. The highest BCUT2D eigenvalue weighted by atomic mass is 16.6. The number of fused-ring (bicyclic) bond motifs is 8. The van der Waals surface area contributed by atoms with Gasteiger partial charge in [0.1, 0.15) is 11.9 Å². The molecule has 30 heavy (non-hydrogen) atoms. The van der Waals surface area contributed by atoms with Gasteiger partial charge in [-0.2, -0.15) is 0 Å². The van der Waals surface area contributed by atoms with Crippen LogP contribution in [0.15, 0.2) is 53.7 Å². The van der Waals surface area contributed by atoms with Crippen LogP contribution in [0.4, 0.5) is 5.69 Å². The molecule has 2 amide bonds. The molecule has 2 aromatic carbocycles. The number of hydrogen-bond acceptors (Lipinski definition) is 5. The summed E-state index contributed by atoms with van der Waals surface area (Å²) in [7, 11) is 1.59. The molecule has 0 aromatic heterocycles. The van der Waals surface area contributed by atoms with Crippen LogP contribution in [0.5, 0.6) is 5.75 Å². The van der Waals surface area contributed by atoms with Gasteiger partial charge in [-0.15, -0.1) is 0 Å². The van der Waals surface area contributed by atoms with Crippen LogP contribution in [0.2, 0.25) is 0 Å². The number of methoxy groups -OCH3 is 1. The Morgan fingerprint density at radius 1 is 0.933 bits per heavy atom. The van der Waals surface area contributed by atoms with Gasteiger partial charge in [-0.1, -0.05) is 35.0 Å². The summed E-state index contributed by atoms with van der Waals surface area (Å²) in [6.07, 6.45) is 0.740. The number of amides is 2. The van der Waals surface area contributed by atoms with Gasteiger partial charge in [0.2, 0.25) is 11.8 Å². The van der Waals surface area contributed by atoms with E-state index in [-0.39, 0.29) is 47.5 Å². The summed E-state index contributed by atoms with van der Waals surface area (Å²) in [5.41, 5.74) is 3.77. The van der Waals surface area contributed by atoms with Gasteiger partial charge >= 0.3 is 0 Å². The van der Waals surface area contributed by atoms with E-state index in [1.807, 2.05) is 0 Å². The van der Waals surface area contributed by atoms with Gasteiger partial charge in [0.25, 0.3) is 0 Å². The SMILES string of the molecule is COc1ccc(N2C(=O)[C@@H]3[C@H]4C[C@@H]([C@@H]5C(c6ccc(C)cc6)=NO[C@@H]45)[C@@H]3C2=O)cc1. The zero-order chi connectivity index (χ0) is 20.6. The lowest BCUT2D eigenvalue weighted by Gasteiger charge is -2.29. The highest BCUT2D eigenvalue weighted by molar-refractivity contribution is 6.23. The smallest absolute Gasteiger partial charge is 0.238 e. The first-order valence-corrected chi connectivity index (χ1v) is 10.4. The second kappa shape index (κ2) is 6.17. The molecule has 4 aliphatic rings. The zero-order valence-electron chi connectivity index (χ0n) is 16.8. The Morgan fingerprint density at radius 3 is 2.27 bits per heavy atom. The third-order valence-corrected chi connectivity index (χ3v) is 7.37. The van der Waals surface area contributed by atoms with E-state index >= 15 is 0 Å². The summed E-state index contributed by atoms with van der Waals surface area (Å²) in [4.78, 5) is 33.9. The molecule has 6 rings (SSSR count). The molecule has 2 aliphatic heterocycles. The van der Waals surface area contributed by atoms with Gasteiger partial charge < -0.3 is 9.57 Å². The molecule has 2 saturated carbocycles. The van der Waals surface area contributed by atoms with Crippen molar-refractivity contribution in [3.05, 3.63) is 59.7 Å². The van der Waals surface area contributed by atoms with E-state index in [0.717, 1.165) is 17.7 Å². The fourth-order valence-corrected chi connectivity index (χ4v) is 6.07. The Labute approximate surface area is 174 Å². The van der Waals surface area contributed by atoms with Crippen molar-refractivity contribution in [2.24, 2.45) is 34.7 Å². The maximum atomic E-state index is 13.4. The van der Waals surface area contributed by atoms with Crippen molar-refractivity contribution in [2.45, 2.75) is 19.4 Å². The molecule has 0 spiro atoms. The Morgan fingerprint density at radius 2 is 1.60 bits per heavy atom. The minimum absolute atomic E-state index is 0.0383. The molecule has 6 atom stereocenters. The molecule has 0 N–H and O–H groups in total. The second-order valence-electron chi connectivity index (χ2n) is 8.76. The lowest BCUT2D eigenvalue weighted by atomic mass is 9.71. The number of nitrogens with zero attached hydrogens (tertiary/aromatic N) is 2. The van der Waals surface area contributed by atoms with Gasteiger partial charge in [-0.3, -0.25) is 14.5 Å². The third kappa shape index (κ3) is 2.22. The minimum Gasteiger partial charge on any atom is -0.497 e. The van der Waals surface area contributed by atoms with Crippen LogP contribution in [0, 0.1) is 36.5 Å². The van der Waals surface area contributed by atoms with Gasteiger partial charge in [0.05, 0.1) is 30.3 Å². The maximum Gasteiger partial charge on any atom is 0.238 e. The van der Waals surface area contributed by atoms with E-state index in [1.165, 1.54) is 10.5 Å². The number of benzene rings is 2. The van der Waals surface area contributed by atoms with E-state index in [0.29, 0.717) is 11.4 Å². The molecule has 2 aromatic rings. The second-order valence-corrected chi connectivity index (χ2v) is 8.76. The number of hydrogen-bond donors (Lipinski definition) is 0. The summed E-state index contributed by atoms with van der Waals surface area (Å²) in [6, 6.07) is 15.4. The molecular weight excluding hydrogens is 380 g/mol. The van der Waals surface area contributed by atoms with Crippen molar-refractivity contribution in [1.29, 1.82) is 0 Å². The van der Waals surface area contributed by atoms with Gasteiger partial charge in [-0.05, 0) is 49.1 Å². The fourth-order valence-electron chi connectivity index (χ4n) is 6.07. The Balaban J connectivity index is 1.33. The summed E-state index contributed by atoms with van der Waals surface area (Å²) < 4.78 is 5.20. The quantitative estimate of drug-likeness (QED) is 0.740. The van der Waals surface area contributed by atoms with Crippen LogP contribution in [0.25, 0.3) is 0 Å². The lowest BCUT2D eigenvalue weighted by molar-refractivity contribution is -0.125. The van der Waals surface area contributed by atoms with Crippen molar-refractivity contribution in [3.63, 3.8) is 0 Å². The standard InChI is InChI=1S/C24H22N2O4/c1-12-3-5-13(6-4-12)21-20-16-11-17(22(20)30-25-21)19-18(16)23(27)26(24(19)28)14-7-9-15(29-2)10-8-14/h3-10,16-20,22H,11H2,1-2H3/t16-,17-,18+,19-,20-,22+/m1/s1. The molecule has 0 unspecified atom stereocenters. The Hall–Kier alpha value is -3.15. The van der Waals surface area contributed by atoms with E-state index in [2.05, 4.69) is 36.3 Å². The number of oxime groups is 1.